The van der Waals surface area contributed by atoms with E-state index in [2.05, 4.69) is 5.32 Å². The Bertz CT molecular complexity index is 369. The van der Waals surface area contributed by atoms with Crippen molar-refractivity contribution >= 4 is 0 Å². The fourth-order valence-corrected chi connectivity index (χ4v) is 1.60. The Hall–Kier alpha value is -1.17. The van der Waals surface area contributed by atoms with Gasteiger partial charge in [-0.3, -0.25) is 0 Å². The van der Waals surface area contributed by atoms with Crippen molar-refractivity contribution in [2.24, 2.45) is 0 Å². The molecule has 1 aromatic carbocycles. The molecule has 18 heavy (non-hydrogen) atoms. The van der Waals surface area contributed by atoms with E-state index in [9.17, 15) is 4.39 Å². The predicted molar refractivity (Wildman–Crippen MR) is 67.2 cm³/mol. The van der Waals surface area contributed by atoms with Gasteiger partial charge in [0.15, 0.2) is 17.9 Å². The van der Waals surface area contributed by atoms with Gasteiger partial charge >= 0.3 is 0 Å². The second-order valence-corrected chi connectivity index (χ2v) is 3.92. The maximum absolute atomic E-state index is 13.3. The quantitative estimate of drug-likeness (QED) is 0.759. The maximum Gasteiger partial charge on any atom is 0.169 e. The Kier molecular flexibility index (Phi) is 6.04. The number of hydrogen-bond donors (Lipinski definition) is 1. The third-order valence-electron chi connectivity index (χ3n) is 2.79. The van der Waals surface area contributed by atoms with Gasteiger partial charge in [0, 0.05) is 26.8 Å². The van der Waals surface area contributed by atoms with E-state index in [1.54, 1.807) is 26.4 Å². The van der Waals surface area contributed by atoms with Crippen LogP contribution < -0.4 is 10.1 Å². The molecule has 0 aliphatic carbocycles. The number of rotatable bonds is 7. The third-order valence-corrected chi connectivity index (χ3v) is 2.79. The molecular formula is C13H20FNO3. The number of halogens is 1. The number of hydrogen-bond acceptors (Lipinski definition) is 4. The van der Waals surface area contributed by atoms with Gasteiger partial charge in [0.2, 0.25) is 0 Å². The van der Waals surface area contributed by atoms with E-state index in [0.29, 0.717) is 6.54 Å². The van der Waals surface area contributed by atoms with Gasteiger partial charge in [-0.25, -0.2) is 4.39 Å². The van der Waals surface area contributed by atoms with Crippen molar-refractivity contribution in [1.82, 2.24) is 5.32 Å². The van der Waals surface area contributed by atoms with Crippen LogP contribution in [0.4, 0.5) is 4.39 Å². The van der Waals surface area contributed by atoms with Crippen molar-refractivity contribution in [2.75, 3.05) is 27.9 Å². The second-order valence-electron chi connectivity index (χ2n) is 3.92. The summed E-state index contributed by atoms with van der Waals surface area (Å²) in [7, 11) is 4.62. The lowest BCUT2D eigenvalue weighted by Gasteiger charge is -2.19. The summed E-state index contributed by atoms with van der Waals surface area (Å²) in [5.41, 5.74) is 0.944. The van der Waals surface area contributed by atoms with Crippen molar-refractivity contribution in [1.29, 1.82) is 0 Å². The Balaban J connectivity index is 2.63. The fourth-order valence-electron chi connectivity index (χ4n) is 1.60. The second kappa shape index (κ2) is 7.31. The zero-order valence-electron chi connectivity index (χ0n) is 11.2. The minimum absolute atomic E-state index is 0.0484. The van der Waals surface area contributed by atoms with Crippen LogP contribution in [0, 0.1) is 5.82 Å². The van der Waals surface area contributed by atoms with Gasteiger partial charge in [0.1, 0.15) is 0 Å². The highest BCUT2D eigenvalue weighted by Gasteiger charge is 2.11. The van der Waals surface area contributed by atoms with Gasteiger partial charge in [-0.2, -0.15) is 0 Å². The van der Waals surface area contributed by atoms with Crippen LogP contribution in [0.25, 0.3) is 0 Å². The van der Waals surface area contributed by atoms with Gasteiger partial charge in [-0.05, 0) is 24.6 Å². The lowest BCUT2D eigenvalue weighted by atomic mass is 10.1. The summed E-state index contributed by atoms with van der Waals surface area (Å²) in [4.78, 5) is 0. The van der Waals surface area contributed by atoms with Gasteiger partial charge in [0.25, 0.3) is 0 Å². The normalized spacial score (nSPS) is 12.8. The minimum atomic E-state index is -0.361. The Labute approximate surface area is 107 Å². The van der Waals surface area contributed by atoms with Crippen LogP contribution in [0.5, 0.6) is 5.75 Å². The van der Waals surface area contributed by atoms with E-state index in [0.717, 1.165) is 5.56 Å². The smallest absolute Gasteiger partial charge is 0.169 e. The third kappa shape index (κ3) is 3.94. The molecular weight excluding hydrogens is 237 g/mol. The van der Waals surface area contributed by atoms with Gasteiger partial charge in [0.05, 0.1) is 7.11 Å². The topological polar surface area (TPSA) is 39.7 Å². The van der Waals surface area contributed by atoms with Crippen molar-refractivity contribution in [2.45, 2.75) is 19.3 Å². The van der Waals surface area contributed by atoms with Crippen LogP contribution in [0.3, 0.4) is 0 Å². The van der Waals surface area contributed by atoms with Crippen LogP contribution >= 0.6 is 0 Å². The molecule has 0 aliphatic heterocycles. The van der Waals surface area contributed by atoms with E-state index in [-0.39, 0.29) is 23.9 Å². The fraction of sp³-hybridized carbons (Fsp3) is 0.538. The number of ether oxygens (including phenoxy) is 3. The van der Waals surface area contributed by atoms with Crippen LogP contribution in [-0.4, -0.2) is 34.2 Å². The highest BCUT2D eigenvalue weighted by atomic mass is 19.1. The predicted octanol–water partition coefficient (Wildman–Crippen LogP) is 2.10. The first-order chi connectivity index (χ1) is 8.62. The highest BCUT2D eigenvalue weighted by molar-refractivity contribution is 5.31. The molecule has 5 heteroatoms. The lowest BCUT2D eigenvalue weighted by Crippen LogP contribution is -2.31. The molecule has 0 bridgehead atoms. The summed E-state index contributed by atoms with van der Waals surface area (Å²) in [6.45, 7) is 2.53. The molecule has 1 atom stereocenters. The first kappa shape index (κ1) is 14.9. The SMILES string of the molecule is COc1cc(C(C)NCC(OC)OC)ccc1F. The maximum atomic E-state index is 13.3. The summed E-state index contributed by atoms with van der Waals surface area (Å²) >= 11 is 0. The summed E-state index contributed by atoms with van der Waals surface area (Å²) < 4.78 is 28.4. The van der Waals surface area contributed by atoms with E-state index in [4.69, 9.17) is 14.2 Å². The van der Waals surface area contributed by atoms with E-state index in [1.807, 2.05) is 6.92 Å². The van der Waals surface area contributed by atoms with Crippen LogP contribution in [-0.2, 0) is 9.47 Å². The van der Waals surface area contributed by atoms with Crippen molar-refractivity contribution in [3.63, 3.8) is 0 Å². The van der Waals surface area contributed by atoms with E-state index >= 15 is 0 Å². The molecule has 0 saturated heterocycles. The van der Waals surface area contributed by atoms with E-state index in [1.165, 1.54) is 13.2 Å². The van der Waals surface area contributed by atoms with Crippen molar-refractivity contribution in [3.8, 4) is 5.75 Å². The molecule has 1 N–H and O–H groups in total. The molecule has 102 valence electrons. The first-order valence-corrected chi connectivity index (χ1v) is 5.74. The molecule has 1 aromatic rings. The molecule has 0 amide bonds. The molecule has 0 aromatic heterocycles. The molecule has 0 spiro atoms. The largest absolute Gasteiger partial charge is 0.494 e. The van der Waals surface area contributed by atoms with Crippen LogP contribution in [0.15, 0.2) is 18.2 Å². The summed E-state index contributed by atoms with van der Waals surface area (Å²) in [6.07, 6.45) is -0.296. The summed E-state index contributed by atoms with van der Waals surface area (Å²) in [5.74, 6) is -0.115. The lowest BCUT2D eigenvalue weighted by molar-refractivity contribution is -0.0997. The summed E-state index contributed by atoms with van der Waals surface area (Å²) in [6, 6.07) is 4.86. The Morgan fingerprint density at radius 3 is 2.44 bits per heavy atom. The summed E-state index contributed by atoms with van der Waals surface area (Å²) in [5, 5.41) is 3.24. The van der Waals surface area contributed by atoms with E-state index < -0.39 is 0 Å². The molecule has 4 nitrogen and oxygen atoms in total. The molecule has 1 rings (SSSR count). The minimum Gasteiger partial charge on any atom is -0.494 e. The molecule has 0 radical (unpaired) electrons. The Morgan fingerprint density at radius 2 is 1.89 bits per heavy atom. The monoisotopic (exact) mass is 257 g/mol. The molecule has 0 fully saturated rings. The zero-order chi connectivity index (χ0) is 13.5. The van der Waals surface area contributed by atoms with Gasteiger partial charge in [-0.15, -0.1) is 0 Å². The van der Waals surface area contributed by atoms with Gasteiger partial charge in [-0.1, -0.05) is 6.07 Å². The molecule has 0 heterocycles. The molecule has 0 saturated carbocycles. The average molecular weight is 257 g/mol. The Morgan fingerprint density at radius 1 is 1.22 bits per heavy atom. The molecule has 1 unspecified atom stereocenters. The number of nitrogens with one attached hydrogen (secondary N) is 1. The van der Waals surface area contributed by atoms with Crippen LogP contribution in [0.1, 0.15) is 18.5 Å². The zero-order valence-corrected chi connectivity index (χ0v) is 11.2. The standard InChI is InChI=1S/C13H20FNO3/c1-9(15-8-13(17-3)18-4)10-5-6-11(14)12(7-10)16-2/h5-7,9,13,15H,8H2,1-4H3. The highest BCUT2D eigenvalue weighted by Crippen LogP contribution is 2.22. The number of benzene rings is 1. The first-order valence-electron chi connectivity index (χ1n) is 5.74. The van der Waals surface area contributed by atoms with Crippen molar-refractivity contribution < 1.29 is 18.6 Å². The molecule has 0 aliphatic rings. The number of methoxy groups -OCH3 is 3. The average Bonchev–Trinajstić information content (AvgIpc) is 2.40. The van der Waals surface area contributed by atoms with Crippen LogP contribution in [0.2, 0.25) is 0 Å². The van der Waals surface area contributed by atoms with Crippen molar-refractivity contribution in [3.05, 3.63) is 29.6 Å². The van der Waals surface area contributed by atoms with Gasteiger partial charge < -0.3 is 19.5 Å².